The van der Waals surface area contributed by atoms with E-state index in [9.17, 15) is 9.59 Å². The number of para-hydroxylation sites is 1. The number of anilines is 1. The number of amides is 2. The molecule has 0 saturated carbocycles. The average Bonchev–Trinajstić information content (AvgIpc) is 3.54. The fourth-order valence-corrected chi connectivity index (χ4v) is 4.39. The Morgan fingerprint density at radius 1 is 1.03 bits per heavy atom. The minimum atomic E-state index is -0.350. The normalized spacial score (nSPS) is 13.7. The van der Waals surface area contributed by atoms with Crippen molar-refractivity contribution in [2.75, 3.05) is 44.6 Å². The van der Waals surface area contributed by atoms with Gasteiger partial charge in [-0.05, 0) is 37.1 Å². The highest BCUT2D eigenvalue weighted by atomic mass is 16.6. The first-order chi connectivity index (χ1) is 17.6. The van der Waals surface area contributed by atoms with Crippen molar-refractivity contribution in [3.05, 3.63) is 72.1 Å². The lowest BCUT2D eigenvalue weighted by Gasteiger charge is -2.33. The summed E-state index contributed by atoms with van der Waals surface area (Å²) in [6, 6.07) is 17.7. The van der Waals surface area contributed by atoms with E-state index in [-0.39, 0.29) is 17.7 Å². The maximum absolute atomic E-state index is 13.5. The number of carbonyl (C=O) groups excluding carboxylic acids is 2. The number of H-pyrrole nitrogens is 1. The number of carbonyl (C=O) groups is 2. The zero-order chi connectivity index (χ0) is 24.9. The average molecular weight is 488 g/mol. The van der Waals surface area contributed by atoms with E-state index in [0.29, 0.717) is 51.1 Å². The second-order valence-corrected chi connectivity index (χ2v) is 8.58. The van der Waals surface area contributed by atoms with Crippen LogP contribution in [0.25, 0.3) is 22.4 Å². The highest BCUT2D eigenvalue weighted by Crippen LogP contribution is 2.27. The molecular formula is C27H29N5O4. The van der Waals surface area contributed by atoms with Crippen LogP contribution in [-0.4, -0.2) is 71.1 Å². The molecule has 3 heterocycles. The molecule has 9 heteroatoms. The molecule has 0 aliphatic carbocycles. The first kappa shape index (κ1) is 23.5. The van der Waals surface area contributed by atoms with E-state index >= 15 is 0 Å². The van der Waals surface area contributed by atoms with Crippen LogP contribution in [0, 0.1) is 0 Å². The Balaban J connectivity index is 1.32. The summed E-state index contributed by atoms with van der Waals surface area (Å²) in [5.74, 6) is 0.518. The number of benzene rings is 2. The zero-order valence-corrected chi connectivity index (χ0v) is 20.2. The number of aromatic nitrogens is 2. The number of nitrogens with zero attached hydrogens (tertiary/aromatic N) is 3. The molecule has 4 aromatic rings. The molecule has 0 spiro atoms. The van der Waals surface area contributed by atoms with Gasteiger partial charge < -0.3 is 29.3 Å². The van der Waals surface area contributed by atoms with Gasteiger partial charge in [0.05, 0.1) is 6.61 Å². The second kappa shape index (κ2) is 10.6. The highest BCUT2D eigenvalue weighted by Gasteiger charge is 2.30. The van der Waals surface area contributed by atoms with Gasteiger partial charge in [-0.2, -0.15) is 0 Å². The number of hydrogen-bond acceptors (Lipinski definition) is 6. The maximum atomic E-state index is 13.5. The molecule has 2 aromatic heterocycles. The number of rotatable bonds is 7. The molecule has 1 aliphatic rings. The monoisotopic (exact) mass is 487 g/mol. The van der Waals surface area contributed by atoms with Crippen molar-refractivity contribution in [3.8, 4) is 11.5 Å². The van der Waals surface area contributed by atoms with Crippen LogP contribution >= 0.6 is 0 Å². The summed E-state index contributed by atoms with van der Waals surface area (Å²) in [4.78, 5) is 36.7. The fourth-order valence-electron chi connectivity index (χ4n) is 4.39. The summed E-state index contributed by atoms with van der Waals surface area (Å²) in [5.41, 5.74) is 3.32. The lowest BCUT2D eigenvalue weighted by molar-refractivity contribution is 0.0567. The summed E-state index contributed by atoms with van der Waals surface area (Å²) in [6.45, 7) is 4.31. The molecule has 0 bridgehead atoms. The van der Waals surface area contributed by atoms with E-state index in [4.69, 9.17) is 9.15 Å². The molecule has 9 nitrogen and oxygen atoms in total. The molecule has 0 radical (unpaired) electrons. The van der Waals surface area contributed by atoms with Crippen LogP contribution in [0.15, 0.2) is 65.2 Å². The number of oxazole rings is 1. The van der Waals surface area contributed by atoms with Gasteiger partial charge in [-0.15, -0.1) is 0 Å². The van der Waals surface area contributed by atoms with Crippen LogP contribution in [0.5, 0.6) is 0 Å². The summed E-state index contributed by atoms with van der Waals surface area (Å²) in [6.07, 6.45) is 2.41. The maximum Gasteiger partial charge on any atom is 0.409 e. The van der Waals surface area contributed by atoms with E-state index in [2.05, 4.69) is 21.4 Å². The van der Waals surface area contributed by atoms with Crippen LogP contribution in [0.4, 0.5) is 10.7 Å². The molecule has 2 N–H and O–H groups in total. The highest BCUT2D eigenvalue weighted by molar-refractivity contribution is 5.97. The number of ether oxygens (including phenoxy) is 1. The molecule has 1 aliphatic heterocycles. The molecule has 0 unspecified atom stereocenters. The fraction of sp³-hybridized carbons (Fsp3) is 0.296. The number of nitrogens with one attached hydrogen (secondary N) is 2. The van der Waals surface area contributed by atoms with E-state index in [0.717, 1.165) is 17.5 Å². The van der Waals surface area contributed by atoms with Gasteiger partial charge in [0.25, 0.3) is 5.91 Å². The third kappa shape index (κ3) is 4.91. The molecule has 36 heavy (non-hydrogen) atoms. The zero-order valence-electron chi connectivity index (χ0n) is 20.2. The van der Waals surface area contributed by atoms with Crippen LogP contribution < -0.4 is 5.32 Å². The van der Waals surface area contributed by atoms with Crippen molar-refractivity contribution in [2.24, 2.45) is 0 Å². The van der Waals surface area contributed by atoms with Crippen molar-refractivity contribution in [3.63, 3.8) is 0 Å². The largest absolute Gasteiger partial charge is 0.450 e. The van der Waals surface area contributed by atoms with E-state index in [1.54, 1.807) is 16.7 Å². The number of fused-ring (bicyclic) bond motifs is 1. The van der Waals surface area contributed by atoms with Gasteiger partial charge in [0.2, 0.25) is 11.8 Å². The Bertz CT molecular complexity index is 1340. The smallest absolute Gasteiger partial charge is 0.409 e. The predicted octanol–water partition coefficient (Wildman–Crippen LogP) is 4.39. The number of piperazine rings is 1. The molecule has 0 atom stereocenters. The number of aromatic amines is 1. The van der Waals surface area contributed by atoms with Crippen molar-refractivity contribution in [1.82, 2.24) is 19.8 Å². The van der Waals surface area contributed by atoms with E-state index < -0.39 is 0 Å². The predicted molar refractivity (Wildman–Crippen MR) is 137 cm³/mol. The molecule has 5 rings (SSSR count). The summed E-state index contributed by atoms with van der Waals surface area (Å²) in [7, 11) is 0. The van der Waals surface area contributed by atoms with Crippen LogP contribution in [0.1, 0.15) is 23.0 Å². The Hall–Kier alpha value is -4.27. The summed E-state index contributed by atoms with van der Waals surface area (Å²) < 4.78 is 11.1. The Labute approximate surface area is 209 Å². The van der Waals surface area contributed by atoms with Crippen LogP contribution in [-0.2, 0) is 11.2 Å². The van der Waals surface area contributed by atoms with Crippen molar-refractivity contribution < 1.29 is 18.7 Å². The lowest BCUT2D eigenvalue weighted by atomic mass is 10.1. The summed E-state index contributed by atoms with van der Waals surface area (Å²) in [5, 5.41) is 4.47. The molecular weight excluding hydrogens is 458 g/mol. The topological polar surface area (TPSA) is 104 Å². The van der Waals surface area contributed by atoms with Crippen LogP contribution in [0.3, 0.4) is 0 Å². The lowest BCUT2D eigenvalue weighted by Crippen LogP contribution is -2.50. The Morgan fingerprint density at radius 3 is 2.53 bits per heavy atom. The Kier molecular flexibility index (Phi) is 6.88. The van der Waals surface area contributed by atoms with Crippen LogP contribution in [0.2, 0.25) is 0 Å². The molecule has 2 amide bonds. The minimum absolute atomic E-state index is 0.223. The van der Waals surface area contributed by atoms with Gasteiger partial charge in [0, 0.05) is 55.4 Å². The molecule has 1 fully saturated rings. The third-order valence-electron chi connectivity index (χ3n) is 6.30. The SMILES string of the molecule is CCOC(=O)N1CCN(C(=O)c2nc(-c3ccccc3)oc2NCCc2c[nH]c3ccccc23)CC1. The van der Waals surface area contributed by atoms with Gasteiger partial charge >= 0.3 is 6.09 Å². The molecule has 2 aromatic carbocycles. The van der Waals surface area contributed by atoms with Gasteiger partial charge in [-0.1, -0.05) is 36.4 Å². The molecule has 1 saturated heterocycles. The Morgan fingerprint density at radius 2 is 1.75 bits per heavy atom. The first-order valence-corrected chi connectivity index (χ1v) is 12.2. The molecule has 186 valence electrons. The van der Waals surface area contributed by atoms with Gasteiger partial charge in [-0.3, -0.25) is 4.79 Å². The summed E-state index contributed by atoms with van der Waals surface area (Å²) >= 11 is 0. The van der Waals surface area contributed by atoms with Crippen molar-refractivity contribution in [1.29, 1.82) is 0 Å². The quantitative estimate of drug-likeness (QED) is 0.401. The van der Waals surface area contributed by atoms with E-state index in [1.165, 1.54) is 10.9 Å². The van der Waals surface area contributed by atoms with Crippen molar-refractivity contribution in [2.45, 2.75) is 13.3 Å². The van der Waals surface area contributed by atoms with E-state index in [1.807, 2.05) is 54.7 Å². The van der Waals surface area contributed by atoms with Gasteiger partial charge in [-0.25, -0.2) is 9.78 Å². The number of hydrogen-bond donors (Lipinski definition) is 2. The van der Waals surface area contributed by atoms with Crippen molar-refractivity contribution >= 4 is 28.8 Å². The first-order valence-electron chi connectivity index (χ1n) is 12.2. The van der Waals surface area contributed by atoms with Gasteiger partial charge in [0.1, 0.15) is 0 Å². The third-order valence-corrected chi connectivity index (χ3v) is 6.30. The standard InChI is InChI=1S/C27H29N5O4/c1-2-35-27(34)32-16-14-31(15-17-32)26(33)23-25(36-24(30-23)19-8-4-3-5-9-19)28-13-12-20-18-29-22-11-7-6-10-21(20)22/h3-11,18,28-29H,2,12-17H2,1H3. The minimum Gasteiger partial charge on any atom is -0.450 e. The second-order valence-electron chi connectivity index (χ2n) is 8.58. The van der Waals surface area contributed by atoms with Gasteiger partial charge in [0.15, 0.2) is 5.69 Å².